The Hall–Kier alpha value is -4.97. The molecule has 0 bridgehead atoms. The van der Waals surface area contributed by atoms with Crippen LogP contribution in [0.25, 0.3) is 0 Å². The van der Waals surface area contributed by atoms with Crippen molar-refractivity contribution in [2.45, 2.75) is 194 Å². The molecular formula is C61H92O6. The fourth-order valence-corrected chi connectivity index (χ4v) is 6.37. The van der Waals surface area contributed by atoms with Gasteiger partial charge < -0.3 is 14.2 Å². The highest BCUT2D eigenvalue weighted by atomic mass is 16.6. The lowest BCUT2D eigenvalue weighted by atomic mass is 10.1. The van der Waals surface area contributed by atoms with Gasteiger partial charge in [-0.25, -0.2) is 0 Å². The van der Waals surface area contributed by atoms with Crippen molar-refractivity contribution in [3.8, 4) is 0 Å². The summed E-state index contributed by atoms with van der Waals surface area (Å²) in [6.45, 7) is 6.26. The number of carbonyl (C=O) groups excluding carboxylic acids is 3. The molecule has 6 heteroatoms. The van der Waals surface area contributed by atoms with Crippen molar-refractivity contribution >= 4 is 17.9 Å². The second-order valence-electron chi connectivity index (χ2n) is 16.6. The molecule has 6 nitrogen and oxygen atoms in total. The van der Waals surface area contributed by atoms with E-state index >= 15 is 0 Å². The number of hydrogen-bond donors (Lipinski definition) is 0. The maximum absolute atomic E-state index is 12.8. The van der Waals surface area contributed by atoms with Crippen molar-refractivity contribution in [2.75, 3.05) is 13.2 Å². The van der Waals surface area contributed by atoms with E-state index in [1.165, 1.54) is 25.7 Å². The largest absolute Gasteiger partial charge is 0.462 e. The van der Waals surface area contributed by atoms with Crippen LogP contribution in [0, 0.1) is 0 Å². The fraction of sp³-hybridized carbons (Fsp3) is 0.525. The Morgan fingerprint density at radius 1 is 0.313 bits per heavy atom. The lowest BCUT2D eigenvalue weighted by molar-refractivity contribution is -0.167. The van der Waals surface area contributed by atoms with Crippen molar-refractivity contribution in [1.82, 2.24) is 0 Å². The Morgan fingerprint density at radius 2 is 0.612 bits per heavy atom. The molecular weight excluding hydrogens is 829 g/mol. The van der Waals surface area contributed by atoms with Crippen LogP contribution in [0.15, 0.2) is 158 Å². The maximum atomic E-state index is 12.8. The molecule has 0 aliphatic carbocycles. The summed E-state index contributed by atoms with van der Waals surface area (Å²) < 4.78 is 16.7. The van der Waals surface area contributed by atoms with Gasteiger partial charge in [0.25, 0.3) is 0 Å². The van der Waals surface area contributed by atoms with E-state index in [0.717, 1.165) is 122 Å². The number of carbonyl (C=O) groups is 3. The van der Waals surface area contributed by atoms with E-state index in [0.29, 0.717) is 12.8 Å². The van der Waals surface area contributed by atoms with Crippen LogP contribution in [0.1, 0.15) is 188 Å². The first-order valence-corrected chi connectivity index (χ1v) is 26.2. The summed E-state index contributed by atoms with van der Waals surface area (Å²) in [5.74, 6) is -1.02. The first-order chi connectivity index (χ1) is 33.0. The van der Waals surface area contributed by atoms with Crippen LogP contribution >= 0.6 is 0 Å². The third kappa shape index (κ3) is 51.9. The maximum Gasteiger partial charge on any atom is 0.306 e. The number of unbranched alkanes of at least 4 members (excludes halogenated alkanes) is 17. The van der Waals surface area contributed by atoms with Gasteiger partial charge in [0.1, 0.15) is 13.2 Å². The molecule has 0 heterocycles. The van der Waals surface area contributed by atoms with Crippen LogP contribution < -0.4 is 0 Å². The first kappa shape index (κ1) is 62.0. The Bertz CT molecular complexity index is 1570. The fourth-order valence-electron chi connectivity index (χ4n) is 6.37. The Labute approximate surface area is 409 Å². The van der Waals surface area contributed by atoms with Gasteiger partial charge in [-0.05, 0) is 83.5 Å². The minimum atomic E-state index is -0.826. The Balaban J connectivity index is 4.59. The monoisotopic (exact) mass is 921 g/mol. The summed E-state index contributed by atoms with van der Waals surface area (Å²) in [7, 11) is 0. The topological polar surface area (TPSA) is 78.9 Å². The zero-order valence-electron chi connectivity index (χ0n) is 42.3. The summed E-state index contributed by atoms with van der Waals surface area (Å²) in [5.41, 5.74) is 0. The third-order valence-electron chi connectivity index (χ3n) is 10.3. The van der Waals surface area contributed by atoms with Gasteiger partial charge in [-0.3, -0.25) is 14.4 Å². The molecule has 0 spiro atoms. The van der Waals surface area contributed by atoms with Gasteiger partial charge >= 0.3 is 17.9 Å². The van der Waals surface area contributed by atoms with Crippen LogP contribution in [-0.4, -0.2) is 37.2 Å². The van der Waals surface area contributed by atoms with E-state index < -0.39 is 6.10 Å². The SMILES string of the molecule is CC/C=C/C=C/C=C/C=C/CCCCCC(=O)OCC(COC(=O)CCCCCCC/C=C/C=C/C=C/C=C/C=C/CCC)OC(=O)CCCCCCC/C=C/C=C/C=C/C=C/CCCCC. The summed E-state index contributed by atoms with van der Waals surface area (Å²) in [5, 5.41) is 0. The van der Waals surface area contributed by atoms with Crippen LogP contribution in [0.3, 0.4) is 0 Å². The minimum Gasteiger partial charge on any atom is -0.462 e. The first-order valence-electron chi connectivity index (χ1n) is 26.2. The lowest BCUT2D eigenvalue weighted by Crippen LogP contribution is -2.30. The lowest BCUT2D eigenvalue weighted by Gasteiger charge is -2.18. The predicted molar refractivity (Wildman–Crippen MR) is 288 cm³/mol. The molecule has 67 heavy (non-hydrogen) atoms. The third-order valence-corrected chi connectivity index (χ3v) is 10.3. The molecule has 0 fully saturated rings. The average molecular weight is 921 g/mol. The van der Waals surface area contributed by atoms with Crippen molar-refractivity contribution in [3.63, 3.8) is 0 Å². The molecule has 0 N–H and O–H groups in total. The molecule has 0 aliphatic rings. The number of allylic oxidation sites excluding steroid dienone is 26. The molecule has 0 amide bonds. The number of esters is 3. The molecule has 0 aliphatic heterocycles. The summed E-state index contributed by atoms with van der Waals surface area (Å²) in [6, 6.07) is 0. The molecule has 0 aromatic carbocycles. The molecule has 1 atom stereocenters. The van der Waals surface area contributed by atoms with Gasteiger partial charge in [-0.2, -0.15) is 0 Å². The highest BCUT2D eigenvalue weighted by Gasteiger charge is 2.19. The van der Waals surface area contributed by atoms with Gasteiger partial charge in [0.15, 0.2) is 6.10 Å². The zero-order chi connectivity index (χ0) is 48.6. The van der Waals surface area contributed by atoms with E-state index in [4.69, 9.17) is 14.2 Å². The summed E-state index contributed by atoms with van der Waals surface area (Å²) in [4.78, 5) is 38.0. The minimum absolute atomic E-state index is 0.122. The van der Waals surface area contributed by atoms with Crippen LogP contribution in [0.2, 0.25) is 0 Å². The number of rotatable bonds is 44. The molecule has 0 aromatic rings. The molecule has 0 radical (unpaired) electrons. The number of ether oxygens (including phenoxy) is 3. The smallest absolute Gasteiger partial charge is 0.306 e. The highest BCUT2D eigenvalue weighted by molar-refractivity contribution is 5.71. The Kier molecular flexibility index (Phi) is 49.7. The standard InChI is InChI=1S/C61H92O6/c1-4-7-10-13-16-19-22-25-27-29-31-33-36-39-42-45-48-51-54-60(63)66-57-58(56-65-59(62)53-50-47-44-41-38-35-24-21-18-15-12-9-6-3)67-61(64)55-52-49-46-43-40-37-34-32-30-28-26-23-20-17-14-11-8-5-2/h9-10,12-13,15-35,38,58H,4-8,11,14,36-37,39-57H2,1-3H3/b12-9+,13-10+,18-15+,19-16+,20-17+,24-21+,25-22+,26-23+,29-27+,30-28+,33-31+,34-32+,38-35+. The summed E-state index contributed by atoms with van der Waals surface area (Å²) in [6.07, 6.45) is 77.8. The van der Waals surface area contributed by atoms with Gasteiger partial charge in [0.05, 0.1) is 0 Å². The van der Waals surface area contributed by atoms with Crippen molar-refractivity contribution in [3.05, 3.63) is 158 Å². The Morgan fingerprint density at radius 3 is 0.985 bits per heavy atom. The molecule has 0 rings (SSSR count). The van der Waals surface area contributed by atoms with Gasteiger partial charge in [0.2, 0.25) is 0 Å². The average Bonchev–Trinajstić information content (AvgIpc) is 3.33. The van der Waals surface area contributed by atoms with Crippen LogP contribution in [0.4, 0.5) is 0 Å². The van der Waals surface area contributed by atoms with E-state index in [1.807, 2.05) is 72.9 Å². The van der Waals surface area contributed by atoms with Gasteiger partial charge in [-0.1, -0.05) is 243 Å². The molecule has 0 aromatic heterocycles. The van der Waals surface area contributed by atoms with E-state index in [2.05, 4.69) is 106 Å². The van der Waals surface area contributed by atoms with Crippen molar-refractivity contribution in [1.29, 1.82) is 0 Å². The van der Waals surface area contributed by atoms with Gasteiger partial charge in [0, 0.05) is 19.3 Å². The molecule has 0 saturated heterocycles. The van der Waals surface area contributed by atoms with Crippen LogP contribution in [-0.2, 0) is 28.6 Å². The summed E-state index contributed by atoms with van der Waals surface area (Å²) >= 11 is 0. The quantitative estimate of drug-likeness (QED) is 0.0262. The molecule has 372 valence electrons. The zero-order valence-corrected chi connectivity index (χ0v) is 42.3. The highest BCUT2D eigenvalue weighted by Crippen LogP contribution is 2.12. The van der Waals surface area contributed by atoms with Crippen LogP contribution in [0.5, 0.6) is 0 Å². The second-order valence-corrected chi connectivity index (χ2v) is 16.6. The van der Waals surface area contributed by atoms with E-state index in [1.54, 1.807) is 0 Å². The second kappa shape index (κ2) is 53.6. The van der Waals surface area contributed by atoms with E-state index in [-0.39, 0.29) is 37.5 Å². The molecule has 1 unspecified atom stereocenters. The molecule has 0 saturated carbocycles. The van der Waals surface area contributed by atoms with E-state index in [9.17, 15) is 14.4 Å². The van der Waals surface area contributed by atoms with Crippen molar-refractivity contribution in [2.24, 2.45) is 0 Å². The predicted octanol–water partition coefficient (Wildman–Crippen LogP) is 17.4. The van der Waals surface area contributed by atoms with Crippen molar-refractivity contribution < 1.29 is 28.6 Å². The van der Waals surface area contributed by atoms with Gasteiger partial charge in [-0.15, -0.1) is 0 Å². The number of hydrogen-bond acceptors (Lipinski definition) is 6. The normalized spacial score (nSPS) is 13.4.